The van der Waals surface area contributed by atoms with Crippen LogP contribution in [0.3, 0.4) is 0 Å². The van der Waals surface area contributed by atoms with Gasteiger partial charge in [0.1, 0.15) is 6.26 Å². The zero-order valence-corrected chi connectivity index (χ0v) is 8.67. The van der Waals surface area contributed by atoms with Gasteiger partial charge in [0.05, 0.1) is 12.2 Å². The standard InChI is InChI=1S/C10H14F2N2O/c1-2-8-6-15-9(13-8)14-5-3-4-10(11,12)7-14/h6H,2-5,7H2,1H3. The molecule has 2 heterocycles. The van der Waals surface area contributed by atoms with Crippen molar-refractivity contribution >= 4 is 6.01 Å². The second-order valence-electron chi connectivity index (χ2n) is 3.86. The fourth-order valence-corrected chi connectivity index (χ4v) is 1.73. The Morgan fingerprint density at radius 2 is 2.40 bits per heavy atom. The molecule has 0 unspecified atom stereocenters. The molecule has 84 valence electrons. The van der Waals surface area contributed by atoms with Crippen molar-refractivity contribution in [2.75, 3.05) is 18.0 Å². The molecule has 0 aromatic carbocycles. The number of alkyl halides is 2. The van der Waals surface area contributed by atoms with E-state index in [-0.39, 0.29) is 13.0 Å². The molecule has 5 heteroatoms. The van der Waals surface area contributed by atoms with Crippen LogP contribution in [0.15, 0.2) is 10.7 Å². The van der Waals surface area contributed by atoms with Gasteiger partial charge >= 0.3 is 0 Å². The van der Waals surface area contributed by atoms with Crippen LogP contribution in [-0.2, 0) is 6.42 Å². The molecule has 3 nitrogen and oxygen atoms in total. The van der Waals surface area contributed by atoms with Crippen LogP contribution in [0, 0.1) is 0 Å². The molecule has 0 bridgehead atoms. The van der Waals surface area contributed by atoms with Crippen LogP contribution in [0.1, 0.15) is 25.5 Å². The monoisotopic (exact) mass is 216 g/mol. The van der Waals surface area contributed by atoms with E-state index in [4.69, 9.17) is 4.42 Å². The Morgan fingerprint density at radius 3 is 3.00 bits per heavy atom. The molecule has 1 aromatic rings. The fourth-order valence-electron chi connectivity index (χ4n) is 1.73. The summed E-state index contributed by atoms with van der Waals surface area (Å²) in [6, 6.07) is 0.325. The molecular formula is C10H14F2N2O. The Balaban J connectivity index is 2.10. The van der Waals surface area contributed by atoms with Gasteiger partial charge in [-0.15, -0.1) is 0 Å². The number of nitrogens with zero attached hydrogens (tertiary/aromatic N) is 2. The van der Waals surface area contributed by atoms with Gasteiger partial charge in [-0.2, -0.15) is 4.98 Å². The molecule has 0 aliphatic carbocycles. The highest BCUT2D eigenvalue weighted by molar-refractivity contribution is 5.28. The molecule has 0 amide bonds. The van der Waals surface area contributed by atoms with Crippen molar-refractivity contribution in [3.63, 3.8) is 0 Å². The van der Waals surface area contributed by atoms with Crippen molar-refractivity contribution in [2.45, 2.75) is 32.1 Å². The zero-order chi connectivity index (χ0) is 10.9. The van der Waals surface area contributed by atoms with Crippen molar-refractivity contribution < 1.29 is 13.2 Å². The van der Waals surface area contributed by atoms with Crippen LogP contribution in [0.4, 0.5) is 14.8 Å². The SMILES string of the molecule is CCc1coc(N2CCCC(F)(F)C2)n1. The van der Waals surface area contributed by atoms with Gasteiger partial charge in [-0.05, 0) is 12.8 Å². The highest BCUT2D eigenvalue weighted by Gasteiger charge is 2.36. The minimum Gasteiger partial charge on any atom is -0.432 e. The Morgan fingerprint density at radius 1 is 1.60 bits per heavy atom. The van der Waals surface area contributed by atoms with E-state index in [2.05, 4.69) is 4.98 Å². The average molecular weight is 216 g/mol. The number of piperidine rings is 1. The number of rotatable bonds is 2. The van der Waals surface area contributed by atoms with Gasteiger partial charge in [0, 0.05) is 13.0 Å². The molecule has 1 aliphatic heterocycles. The lowest BCUT2D eigenvalue weighted by molar-refractivity contribution is -0.0128. The van der Waals surface area contributed by atoms with Gasteiger partial charge in [-0.3, -0.25) is 0 Å². The number of aryl methyl sites for hydroxylation is 1. The van der Waals surface area contributed by atoms with Crippen LogP contribution in [0.5, 0.6) is 0 Å². The van der Waals surface area contributed by atoms with Gasteiger partial charge in [-0.25, -0.2) is 8.78 Å². The zero-order valence-electron chi connectivity index (χ0n) is 8.67. The molecular weight excluding hydrogens is 202 g/mol. The van der Waals surface area contributed by atoms with Crippen molar-refractivity contribution in [1.29, 1.82) is 0 Å². The lowest BCUT2D eigenvalue weighted by Gasteiger charge is -2.31. The molecule has 1 saturated heterocycles. The maximum atomic E-state index is 13.1. The minimum absolute atomic E-state index is 0.0369. The molecule has 0 radical (unpaired) electrons. The summed E-state index contributed by atoms with van der Waals surface area (Å²) in [6.45, 7) is 2.27. The first-order valence-corrected chi connectivity index (χ1v) is 5.18. The summed E-state index contributed by atoms with van der Waals surface area (Å²) in [6.07, 6.45) is 2.73. The molecule has 1 fully saturated rings. The van der Waals surface area contributed by atoms with E-state index < -0.39 is 5.92 Å². The summed E-state index contributed by atoms with van der Waals surface area (Å²) >= 11 is 0. The summed E-state index contributed by atoms with van der Waals surface area (Å²) in [5, 5.41) is 0. The third kappa shape index (κ3) is 2.27. The van der Waals surface area contributed by atoms with Gasteiger partial charge in [0.2, 0.25) is 0 Å². The number of halogens is 2. The Hall–Kier alpha value is -1.13. The molecule has 0 atom stereocenters. The van der Waals surface area contributed by atoms with Crippen LogP contribution >= 0.6 is 0 Å². The van der Waals surface area contributed by atoms with Crippen molar-refractivity contribution in [1.82, 2.24) is 4.98 Å². The average Bonchev–Trinajstić information content (AvgIpc) is 2.64. The van der Waals surface area contributed by atoms with Crippen molar-refractivity contribution in [3.05, 3.63) is 12.0 Å². The fraction of sp³-hybridized carbons (Fsp3) is 0.700. The van der Waals surface area contributed by atoms with E-state index in [1.807, 2.05) is 6.92 Å². The molecule has 0 N–H and O–H groups in total. The van der Waals surface area contributed by atoms with E-state index in [9.17, 15) is 8.78 Å². The van der Waals surface area contributed by atoms with Crippen LogP contribution in [-0.4, -0.2) is 24.0 Å². The molecule has 1 aromatic heterocycles. The number of aromatic nitrogens is 1. The normalized spacial score (nSPS) is 20.6. The maximum absolute atomic E-state index is 13.1. The second-order valence-corrected chi connectivity index (χ2v) is 3.86. The van der Waals surface area contributed by atoms with Gasteiger partial charge < -0.3 is 9.32 Å². The van der Waals surface area contributed by atoms with Gasteiger partial charge in [0.25, 0.3) is 11.9 Å². The number of hydrogen-bond donors (Lipinski definition) is 0. The molecule has 2 rings (SSSR count). The summed E-state index contributed by atoms with van der Waals surface area (Å²) in [7, 11) is 0. The van der Waals surface area contributed by atoms with Crippen LogP contribution < -0.4 is 4.90 Å². The largest absolute Gasteiger partial charge is 0.432 e. The first-order chi connectivity index (χ1) is 7.11. The van der Waals surface area contributed by atoms with E-state index >= 15 is 0 Å². The quantitative estimate of drug-likeness (QED) is 0.760. The topological polar surface area (TPSA) is 29.3 Å². The minimum atomic E-state index is -2.61. The number of anilines is 1. The summed E-state index contributed by atoms with van der Waals surface area (Å²) in [5.41, 5.74) is 0.805. The second kappa shape index (κ2) is 3.79. The highest BCUT2D eigenvalue weighted by atomic mass is 19.3. The summed E-state index contributed by atoms with van der Waals surface area (Å²) in [4.78, 5) is 5.66. The third-order valence-corrected chi connectivity index (χ3v) is 2.57. The Bertz CT molecular complexity index is 338. The Labute approximate surface area is 87.1 Å². The van der Waals surface area contributed by atoms with E-state index in [1.54, 1.807) is 0 Å². The maximum Gasteiger partial charge on any atom is 0.297 e. The van der Waals surface area contributed by atoms with E-state index in [0.717, 1.165) is 12.1 Å². The molecule has 0 saturated carbocycles. The molecule has 15 heavy (non-hydrogen) atoms. The van der Waals surface area contributed by atoms with Crippen LogP contribution in [0.25, 0.3) is 0 Å². The van der Waals surface area contributed by atoms with Crippen molar-refractivity contribution in [3.8, 4) is 0 Å². The number of hydrogen-bond acceptors (Lipinski definition) is 3. The van der Waals surface area contributed by atoms with E-state index in [0.29, 0.717) is 19.0 Å². The predicted molar refractivity (Wildman–Crippen MR) is 52.3 cm³/mol. The first-order valence-electron chi connectivity index (χ1n) is 5.18. The summed E-state index contributed by atoms with van der Waals surface area (Å²) < 4.78 is 31.4. The number of oxazole rings is 1. The highest BCUT2D eigenvalue weighted by Crippen LogP contribution is 2.29. The smallest absolute Gasteiger partial charge is 0.297 e. The molecule has 1 aliphatic rings. The van der Waals surface area contributed by atoms with Crippen molar-refractivity contribution in [2.24, 2.45) is 0 Å². The Kier molecular flexibility index (Phi) is 2.63. The summed E-state index contributed by atoms with van der Waals surface area (Å²) in [5.74, 6) is -2.61. The van der Waals surface area contributed by atoms with E-state index in [1.165, 1.54) is 11.2 Å². The third-order valence-electron chi connectivity index (χ3n) is 2.57. The van der Waals surface area contributed by atoms with Gasteiger partial charge in [0.15, 0.2) is 0 Å². The van der Waals surface area contributed by atoms with Gasteiger partial charge in [-0.1, -0.05) is 6.92 Å². The lowest BCUT2D eigenvalue weighted by Crippen LogP contribution is -2.42. The van der Waals surface area contributed by atoms with Crippen LogP contribution in [0.2, 0.25) is 0 Å². The predicted octanol–water partition coefficient (Wildman–Crippen LogP) is 2.47. The molecule has 0 spiro atoms. The lowest BCUT2D eigenvalue weighted by atomic mass is 10.1. The first kappa shape index (κ1) is 10.4.